The van der Waals surface area contributed by atoms with Gasteiger partial charge in [0.25, 0.3) is 0 Å². The van der Waals surface area contributed by atoms with E-state index in [1.54, 1.807) is 6.20 Å². The van der Waals surface area contributed by atoms with Crippen LogP contribution in [0.15, 0.2) is 18.6 Å². The van der Waals surface area contributed by atoms with Crippen LogP contribution in [0.1, 0.15) is 32.5 Å². The first kappa shape index (κ1) is 10.1. The van der Waals surface area contributed by atoms with Crippen LogP contribution in [0.25, 0.3) is 0 Å². The normalized spacial score (nSPS) is 14.2. The Labute approximate surface area is 78.6 Å². The lowest BCUT2D eigenvalue weighted by Crippen LogP contribution is -2.37. The molecule has 0 spiro atoms. The van der Waals surface area contributed by atoms with E-state index in [1.165, 1.54) is 6.33 Å². The van der Waals surface area contributed by atoms with Gasteiger partial charge in [-0.3, -0.25) is 11.3 Å². The van der Waals surface area contributed by atoms with Gasteiger partial charge in [0.05, 0.1) is 11.7 Å². The Hall–Kier alpha value is -1.00. The van der Waals surface area contributed by atoms with Crippen molar-refractivity contribution in [2.75, 3.05) is 0 Å². The highest BCUT2D eigenvalue weighted by atomic mass is 15.2. The summed E-state index contributed by atoms with van der Waals surface area (Å²) in [5, 5.41) is 0. The number of hydrogen-bond acceptors (Lipinski definition) is 4. The molecule has 0 bridgehead atoms. The van der Waals surface area contributed by atoms with Crippen molar-refractivity contribution in [3.63, 3.8) is 0 Å². The lowest BCUT2D eigenvalue weighted by atomic mass is 9.85. The van der Waals surface area contributed by atoms with Gasteiger partial charge in [-0.05, 0) is 11.5 Å². The average Bonchev–Trinajstić information content (AvgIpc) is 2.05. The standard InChI is InChI=1S/C9H16N4/c1-9(2,3)8(13-10)7-4-5-11-6-12-7/h4-6,8,13H,10H2,1-3H3. The molecule has 0 saturated carbocycles. The molecule has 4 nitrogen and oxygen atoms in total. The lowest BCUT2D eigenvalue weighted by molar-refractivity contribution is 0.270. The van der Waals surface area contributed by atoms with Gasteiger partial charge in [-0.15, -0.1) is 0 Å². The van der Waals surface area contributed by atoms with E-state index in [0.29, 0.717) is 0 Å². The summed E-state index contributed by atoms with van der Waals surface area (Å²) in [7, 11) is 0. The monoisotopic (exact) mass is 180 g/mol. The maximum Gasteiger partial charge on any atom is 0.115 e. The molecular weight excluding hydrogens is 164 g/mol. The number of aromatic nitrogens is 2. The fraction of sp³-hybridized carbons (Fsp3) is 0.556. The molecule has 4 heteroatoms. The van der Waals surface area contributed by atoms with Crippen LogP contribution in [0.3, 0.4) is 0 Å². The van der Waals surface area contributed by atoms with Crippen molar-refractivity contribution in [3.05, 3.63) is 24.3 Å². The molecule has 0 aliphatic rings. The smallest absolute Gasteiger partial charge is 0.115 e. The van der Waals surface area contributed by atoms with Crippen LogP contribution in [0, 0.1) is 5.41 Å². The summed E-state index contributed by atoms with van der Waals surface area (Å²) in [5.41, 5.74) is 3.73. The third-order valence-electron chi connectivity index (χ3n) is 1.93. The van der Waals surface area contributed by atoms with Crippen molar-refractivity contribution >= 4 is 0 Å². The van der Waals surface area contributed by atoms with Crippen molar-refractivity contribution in [2.24, 2.45) is 11.3 Å². The van der Waals surface area contributed by atoms with E-state index in [0.717, 1.165) is 5.69 Å². The summed E-state index contributed by atoms with van der Waals surface area (Å²) in [5.74, 6) is 5.48. The Morgan fingerprint density at radius 1 is 1.46 bits per heavy atom. The van der Waals surface area contributed by atoms with Gasteiger partial charge in [0, 0.05) is 6.20 Å². The highest BCUT2D eigenvalue weighted by molar-refractivity contribution is 5.07. The van der Waals surface area contributed by atoms with Crippen LogP contribution >= 0.6 is 0 Å². The van der Waals surface area contributed by atoms with Gasteiger partial charge in [-0.1, -0.05) is 20.8 Å². The second-order valence-corrected chi connectivity index (χ2v) is 4.10. The maximum atomic E-state index is 5.48. The molecule has 0 saturated heterocycles. The molecule has 0 radical (unpaired) electrons. The first-order valence-electron chi connectivity index (χ1n) is 4.27. The number of hydrazine groups is 1. The molecule has 1 unspecified atom stereocenters. The molecule has 0 aliphatic heterocycles. The van der Waals surface area contributed by atoms with E-state index >= 15 is 0 Å². The van der Waals surface area contributed by atoms with Crippen molar-refractivity contribution in [2.45, 2.75) is 26.8 Å². The van der Waals surface area contributed by atoms with Crippen molar-refractivity contribution in [3.8, 4) is 0 Å². The Morgan fingerprint density at radius 2 is 2.15 bits per heavy atom. The van der Waals surface area contributed by atoms with Gasteiger partial charge in [-0.2, -0.15) is 0 Å². The number of nitrogens with zero attached hydrogens (tertiary/aromatic N) is 2. The third kappa shape index (κ3) is 2.47. The van der Waals surface area contributed by atoms with Crippen LogP contribution in [-0.2, 0) is 0 Å². The van der Waals surface area contributed by atoms with E-state index < -0.39 is 0 Å². The molecule has 1 heterocycles. The predicted molar refractivity (Wildman–Crippen MR) is 51.6 cm³/mol. The minimum atomic E-state index is 0.0447. The summed E-state index contributed by atoms with van der Waals surface area (Å²) in [6, 6.07) is 1.92. The molecule has 0 aromatic carbocycles. The molecule has 1 rings (SSSR count). The zero-order valence-corrected chi connectivity index (χ0v) is 8.28. The summed E-state index contributed by atoms with van der Waals surface area (Å²) < 4.78 is 0. The summed E-state index contributed by atoms with van der Waals surface area (Å²) in [6.45, 7) is 6.33. The SMILES string of the molecule is CC(C)(C)C(NN)c1ccncn1. The Balaban J connectivity index is 2.92. The minimum Gasteiger partial charge on any atom is -0.271 e. The van der Waals surface area contributed by atoms with Crippen molar-refractivity contribution in [1.82, 2.24) is 15.4 Å². The molecule has 0 fully saturated rings. The average molecular weight is 180 g/mol. The van der Waals surface area contributed by atoms with Gasteiger partial charge in [0.1, 0.15) is 6.33 Å². The minimum absolute atomic E-state index is 0.0447. The van der Waals surface area contributed by atoms with Crippen LogP contribution in [0.5, 0.6) is 0 Å². The second kappa shape index (κ2) is 3.81. The fourth-order valence-corrected chi connectivity index (χ4v) is 1.25. The van der Waals surface area contributed by atoms with Crippen LogP contribution in [-0.4, -0.2) is 9.97 Å². The van der Waals surface area contributed by atoms with Gasteiger partial charge in [0.2, 0.25) is 0 Å². The molecule has 0 amide bonds. The van der Waals surface area contributed by atoms with Crippen LogP contribution in [0.4, 0.5) is 0 Å². The van der Waals surface area contributed by atoms with E-state index in [2.05, 4.69) is 36.2 Å². The quantitative estimate of drug-likeness (QED) is 0.527. The van der Waals surface area contributed by atoms with Crippen molar-refractivity contribution in [1.29, 1.82) is 0 Å². The molecule has 3 N–H and O–H groups in total. The zero-order chi connectivity index (χ0) is 9.90. The third-order valence-corrected chi connectivity index (χ3v) is 1.93. The molecule has 1 aromatic heterocycles. The van der Waals surface area contributed by atoms with Gasteiger partial charge >= 0.3 is 0 Å². The first-order chi connectivity index (χ1) is 6.05. The van der Waals surface area contributed by atoms with E-state index in [4.69, 9.17) is 5.84 Å². The Morgan fingerprint density at radius 3 is 2.54 bits per heavy atom. The second-order valence-electron chi connectivity index (χ2n) is 4.10. The molecule has 13 heavy (non-hydrogen) atoms. The fourth-order valence-electron chi connectivity index (χ4n) is 1.25. The number of hydrogen-bond donors (Lipinski definition) is 2. The topological polar surface area (TPSA) is 63.8 Å². The number of rotatable bonds is 2. The first-order valence-corrected chi connectivity index (χ1v) is 4.27. The predicted octanol–water partition coefficient (Wildman–Crippen LogP) is 1.03. The highest BCUT2D eigenvalue weighted by Gasteiger charge is 2.25. The molecule has 1 atom stereocenters. The van der Waals surface area contributed by atoms with Crippen LogP contribution in [0.2, 0.25) is 0 Å². The molecule has 0 aliphatic carbocycles. The highest BCUT2D eigenvalue weighted by Crippen LogP contribution is 2.30. The summed E-state index contributed by atoms with van der Waals surface area (Å²) in [4.78, 5) is 8.03. The summed E-state index contributed by atoms with van der Waals surface area (Å²) in [6.07, 6.45) is 3.25. The largest absolute Gasteiger partial charge is 0.271 e. The van der Waals surface area contributed by atoms with Crippen molar-refractivity contribution < 1.29 is 0 Å². The Kier molecular flexibility index (Phi) is 2.95. The van der Waals surface area contributed by atoms with Gasteiger partial charge in [0.15, 0.2) is 0 Å². The van der Waals surface area contributed by atoms with Gasteiger partial charge in [-0.25, -0.2) is 9.97 Å². The zero-order valence-electron chi connectivity index (χ0n) is 8.28. The van der Waals surface area contributed by atoms with E-state index in [1.807, 2.05) is 6.07 Å². The van der Waals surface area contributed by atoms with E-state index in [-0.39, 0.29) is 11.5 Å². The maximum absolute atomic E-state index is 5.48. The molecule has 1 aromatic rings. The van der Waals surface area contributed by atoms with Crippen LogP contribution < -0.4 is 11.3 Å². The molecule has 72 valence electrons. The van der Waals surface area contributed by atoms with Gasteiger partial charge < -0.3 is 0 Å². The summed E-state index contributed by atoms with van der Waals surface area (Å²) >= 11 is 0. The van der Waals surface area contributed by atoms with E-state index in [9.17, 15) is 0 Å². The lowest BCUT2D eigenvalue weighted by Gasteiger charge is -2.29. The number of nitrogens with two attached hydrogens (primary N) is 1. The number of nitrogens with one attached hydrogen (secondary N) is 1. The molecular formula is C9H16N4. The Bertz CT molecular complexity index is 252.